The number of nitrogens with one attached hydrogen (secondary N) is 1. The first-order valence-corrected chi connectivity index (χ1v) is 27.7. The van der Waals surface area contributed by atoms with Gasteiger partial charge in [0.25, 0.3) is 0 Å². The molecule has 0 aromatic heterocycles. The summed E-state index contributed by atoms with van der Waals surface area (Å²) in [5, 5.41) is 54.2. The van der Waals surface area contributed by atoms with E-state index in [0.717, 1.165) is 103 Å². The number of ether oxygens (including phenoxy) is 3. The number of aliphatic hydroxyl groups excluding tert-OH is 5. The highest BCUT2D eigenvalue weighted by molar-refractivity contribution is 5.76. The van der Waals surface area contributed by atoms with Crippen LogP contribution in [0.25, 0.3) is 0 Å². The number of rotatable bonds is 46. The monoisotopic (exact) mass is 972 g/mol. The smallest absolute Gasteiger partial charge is 0.305 e. The molecule has 1 fully saturated rings. The Morgan fingerprint density at radius 2 is 1.00 bits per heavy atom. The summed E-state index contributed by atoms with van der Waals surface area (Å²) in [5.74, 6) is -0.261. The van der Waals surface area contributed by atoms with Gasteiger partial charge in [0.05, 0.1) is 32.0 Å². The fourth-order valence-electron chi connectivity index (χ4n) is 8.00. The maximum Gasteiger partial charge on any atom is 0.305 e. The number of aliphatic hydroxyl groups is 5. The van der Waals surface area contributed by atoms with E-state index in [4.69, 9.17) is 14.2 Å². The SMILES string of the molecule is CCCC/C=C/CC/C=C/CC/C=C/C(O)C(COC1OC(CO)C(O)C(O)C1O)NC(=O)CCCCCCCCC/C=C\C/C=C\CCCCCOC(=O)CCCCCCC/C=C\CCCCC. The molecule has 11 nitrogen and oxygen atoms in total. The lowest BCUT2D eigenvalue weighted by atomic mass is 9.99. The van der Waals surface area contributed by atoms with Crippen LogP contribution < -0.4 is 5.32 Å². The van der Waals surface area contributed by atoms with E-state index in [9.17, 15) is 35.1 Å². The molecule has 0 bridgehead atoms. The molecule has 0 aromatic rings. The van der Waals surface area contributed by atoms with Crippen LogP contribution in [-0.4, -0.2) is 100 Å². The largest absolute Gasteiger partial charge is 0.466 e. The van der Waals surface area contributed by atoms with Crippen LogP contribution in [0.4, 0.5) is 0 Å². The van der Waals surface area contributed by atoms with Gasteiger partial charge in [-0.2, -0.15) is 0 Å². The molecule has 0 spiro atoms. The van der Waals surface area contributed by atoms with Crippen molar-refractivity contribution in [2.24, 2.45) is 0 Å². The Morgan fingerprint density at radius 1 is 0.536 bits per heavy atom. The first-order chi connectivity index (χ1) is 33.7. The molecule has 0 aliphatic carbocycles. The van der Waals surface area contributed by atoms with Crippen LogP contribution in [0.2, 0.25) is 0 Å². The first-order valence-electron chi connectivity index (χ1n) is 27.7. The lowest BCUT2D eigenvalue weighted by Crippen LogP contribution is -2.60. The van der Waals surface area contributed by atoms with Crippen LogP contribution in [0.3, 0.4) is 0 Å². The molecular formula is C58H101NO10. The molecule has 1 heterocycles. The Balaban J connectivity index is 2.17. The highest BCUT2D eigenvalue weighted by Gasteiger charge is 2.44. The van der Waals surface area contributed by atoms with Crippen molar-refractivity contribution in [3.05, 3.63) is 72.9 Å². The number of unbranched alkanes of at least 4 members (excludes halogenated alkanes) is 22. The topological polar surface area (TPSA) is 175 Å². The Morgan fingerprint density at radius 3 is 1.57 bits per heavy atom. The van der Waals surface area contributed by atoms with E-state index in [0.29, 0.717) is 25.9 Å². The van der Waals surface area contributed by atoms with E-state index in [1.807, 2.05) is 6.08 Å². The van der Waals surface area contributed by atoms with Crippen LogP contribution in [-0.2, 0) is 23.8 Å². The number of esters is 1. The summed E-state index contributed by atoms with van der Waals surface area (Å²) in [7, 11) is 0. The predicted octanol–water partition coefficient (Wildman–Crippen LogP) is 12.1. The normalized spacial score (nSPS) is 19.9. The van der Waals surface area contributed by atoms with Crippen LogP contribution in [0, 0.1) is 0 Å². The van der Waals surface area contributed by atoms with E-state index >= 15 is 0 Å². The molecule has 0 saturated carbocycles. The first kappa shape index (κ1) is 64.1. The molecule has 1 amide bonds. The average molecular weight is 972 g/mol. The Bertz CT molecular complexity index is 1380. The number of carbonyl (C=O) groups excluding carboxylic acids is 2. The highest BCUT2D eigenvalue weighted by atomic mass is 16.7. The molecule has 0 radical (unpaired) electrons. The van der Waals surface area contributed by atoms with E-state index in [-0.39, 0.29) is 18.5 Å². The maximum atomic E-state index is 13.0. The van der Waals surface area contributed by atoms with Gasteiger partial charge in [0.15, 0.2) is 6.29 Å². The van der Waals surface area contributed by atoms with Gasteiger partial charge < -0.3 is 45.1 Å². The van der Waals surface area contributed by atoms with Crippen LogP contribution in [0.1, 0.15) is 219 Å². The molecule has 398 valence electrons. The number of hydrogen-bond donors (Lipinski definition) is 6. The average Bonchev–Trinajstić information content (AvgIpc) is 3.34. The molecule has 11 heteroatoms. The van der Waals surface area contributed by atoms with Crippen LogP contribution >= 0.6 is 0 Å². The fraction of sp³-hybridized carbons (Fsp3) is 0.759. The molecule has 0 aromatic carbocycles. The summed E-state index contributed by atoms with van der Waals surface area (Å²) >= 11 is 0. The zero-order valence-electron chi connectivity index (χ0n) is 43.5. The molecule has 7 unspecified atom stereocenters. The van der Waals surface area contributed by atoms with E-state index in [1.54, 1.807) is 6.08 Å². The van der Waals surface area contributed by atoms with Crippen LogP contribution in [0.5, 0.6) is 0 Å². The van der Waals surface area contributed by atoms with Gasteiger partial charge in [0.2, 0.25) is 5.91 Å². The van der Waals surface area contributed by atoms with Crippen molar-refractivity contribution in [1.29, 1.82) is 0 Å². The van der Waals surface area contributed by atoms with E-state index in [2.05, 4.69) is 79.9 Å². The van der Waals surface area contributed by atoms with Gasteiger partial charge in [-0.25, -0.2) is 0 Å². The maximum absolute atomic E-state index is 13.0. The summed E-state index contributed by atoms with van der Waals surface area (Å²) < 4.78 is 16.6. The minimum absolute atomic E-state index is 0.0450. The Kier molecular flexibility index (Phi) is 44.1. The van der Waals surface area contributed by atoms with Gasteiger partial charge in [0, 0.05) is 12.8 Å². The van der Waals surface area contributed by atoms with Gasteiger partial charge in [-0.05, 0) is 116 Å². The Hall–Kier alpha value is -2.90. The minimum atomic E-state index is -1.59. The fourth-order valence-corrected chi connectivity index (χ4v) is 8.00. The summed E-state index contributed by atoms with van der Waals surface area (Å²) in [5.41, 5.74) is 0. The van der Waals surface area contributed by atoms with Gasteiger partial charge in [-0.15, -0.1) is 0 Å². The summed E-state index contributed by atoms with van der Waals surface area (Å²) in [6.45, 7) is 4.17. The third-order valence-corrected chi connectivity index (χ3v) is 12.5. The molecule has 1 saturated heterocycles. The van der Waals surface area contributed by atoms with Gasteiger partial charge in [-0.1, -0.05) is 164 Å². The zero-order chi connectivity index (χ0) is 50.3. The molecular weight excluding hydrogens is 871 g/mol. The number of carbonyl (C=O) groups is 2. The van der Waals surface area contributed by atoms with E-state index < -0.39 is 49.5 Å². The van der Waals surface area contributed by atoms with Crippen molar-refractivity contribution in [2.45, 2.75) is 262 Å². The van der Waals surface area contributed by atoms with Crippen molar-refractivity contribution < 1.29 is 49.3 Å². The van der Waals surface area contributed by atoms with Gasteiger partial charge >= 0.3 is 5.97 Å². The van der Waals surface area contributed by atoms with Crippen molar-refractivity contribution in [1.82, 2.24) is 5.32 Å². The van der Waals surface area contributed by atoms with Crippen LogP contribution in [0.15, 0.2) is 72.9 Å². The second-order valence-electron chi connectivity index (χ2n) is 18.9. The quantitative estimate of drug-likeness (QED) is 0.0196. The van der Waals surface area contributed by atoms with E-state index in [1.165, 1.54) is 83.5 Å². The lowest BCUT2D eigenvalue weighted by Gasteiger charge is -2.40. The molecule has 1 aliphatic rings. The van der Waals surface area contributed by atoms with Crippen molar-refractivity contribution in [2.75, 3.05) is 19.8 Å². The zero-order valence-corrected chi connectivity index (χ0v) is 43.5. The molecule has 1 aliphatic heterocycles. The molecule has 69 heavy (non-hydrogen) atoms. The standard InChI is InChI=1S/C58H101NO10/c1-3-5-7-9-11-13-15-24-28-32-36-40-44-51(61)50(49-68-58-57(66)56(65)55(64)52(48-60)69-58)59-53(62)45-41-37-33-29-25-22-20-18-17-19-21-23-27-31-35-39-43-47-67-54(63)46-42-38-34-30-26-16-14-12-10-8-6-4-2/h9,11-12,14,17,19,23-24,27-28,40,44,50-52,55-58,60-61,64-66H,3-8,10,13,15-16,18,20-22,25-26,29-39,41-43,45-49H2,1-2H3,(H,59,62)/b11-9+,14-12-,19-17-,27-23-,28-24+,44-40+. The number of allylic oxidation sites excluding steroid dienone is 11. The molecule has 1 rings (SSSR count). The molecule has 7 atom stereocenters. The number of hydrogen-bond acceptors (Lipinski definition) is 10. The summed E-state index contributed by atoms with van der Waals surface area (Å²) in [6.07, 6.45) is 51.3. The third-order valence-electron chi connectivity index (χ3n) is 12.5. The lowest BCUT2D eigenvalue weighted by molar-refractivity contribution is -0.302. The van der Waals surface area contributed by atoms with Gasteiger partial charge in [-0.3, -0.25) is 9.59 Å². The highest BCUT2D eigenvalue weighted by Crippen LogP contribution is 2.22. The summed E-state index contributed by atoms with van der Waals surface area (Å²) in [4.78, 5) is 25.0. The second kappa shape index (κ2) is 47.4. The van der Waals surface area contributed by atoms with Crippen molar-refractivity contribution in [3.63, 3.8) is 0 Å². The van der Waals surface area contributed by atoms with Crippen molar-refractivity contribution >= 4 is 11.9 Å². The van der Waals surface area contributed by atoms with Crippen molar-refractivity contribution in [3.8, 4) is 0 Å². The Labute approximate surface area is 420 Å². The summed E-state index contributed by atoms with van der Waals surface area (Å²) in [6, 6.07) is -0.848. The number of amides is 1. The van der Waals surface area contributed by atoms with Gasteiger partial charge in [0.1, 0.15) is 24.4 Å². The minimum Gasteiger partial charge on any atom is -0.466 e. The predicted molar refractivity (Wildman–Crippen MR) is 283 cm³/mol. The third kappa shape index (κ3) is 37.5. The second-order valence-corrected chi connectivity index (χ2v) is 18.9. The molecule has 6 N–H and O–H groups in total.